The standard InChI is InChI=1S/C29H31F4N3O2/c1-4-8-20(10-6-15-34)26-22(27(37)35-21-14-13-18(2)23(17-21)29(31,32)33)11-7-16-36(26)28(38)25-19(3)9-5-12-24(25)30/h4-6,8-10,12-14,17,22,26H,1,7,11,15-16,34H2,2-3H3,(H,35,37)/b10-6-,20-8+/t22-,26?/m0/s1. The molecule has 1 aliphatic rings. The molecule has 1 fully saturated rings. The van der Waals surface area contributed by atoms with Crippen molar-refractivity contribution in [3.63, 3.8) is 0 Å². The molecule has 202 valence electrons. The van der Waals surface area contributed by atoms with Gasteiger partial charge in [-0.15, -0.1) is 0 Å². The number of halogens is 4. The molecule has 0 saturated carbocycles. The van der Waals surface area contributed by atoms with Gasteiger partial charge in [0.05, 0.1) is 23.1 Å². The highest BCUT2D eigenvalue weighted by Crippen LogP contribution is 2.35. The van der Waals surface area contributed by atoms with Gasteiger partial charge in [0.15, 0.2) is 0 Å². The van der Waals surface area contributed by atoms with Gasteiger partial charge in [-0.1, -0.05) is 49.1 Å². The van der Waals surface area contributed by atoms with E-state index in [4.69, 9.17) is 5.73 Å². The zero-order valence-electron chi connectivity index (χ0n) is 21.3. The Kier molecular flexibility index (Phi) is 9.27. The maximum Gasteiger partial charge on any atom is 0.416 e. The minimum Gasteiger partial charge on any atom is -0.331 e. The van der Waals surface area contributed by atoms with Gasteiger partial charge in [-0.05, 0) is 61.6 Å². The summed E-state index contributed by atoms with van der Waals surface area (Å²) in [6, 6.07) is 7.10. The molecule has 2 aromatic carbocycles. The van der Waals surface area contributed by atoms with Gasteiger partial charge in [0, 0.05) is 18.8 Å². The molecule has 1 unspecified atom stereocenters. The van der Waals surface area contributed by atoms with Crippen LogP contribution in [0.1, 0.15) is 39.9 Å². The summed E-state index contributed by atoms with van der Waals surface area (Å²) < 4.78 is 55.1. The Morgan fingerprint density at radius 1 is 1.18 bits per heavy atom. The Morgan fingerprint density at radius 2 is 1.92 bits per heavy atom. The average molecular weight is 530 g/mol. The largest absolute Gasteiger partial charge is 0.416 e. The fourth-order valence-corrected chi connectivity index (χ4v) is 4.79. The summed E-state index contributed by atoms with van der Waals surface area (Å²) >= 11 is 0. The van der Waals surface area contributed by atoms with Crippen LogP contribution >= 0.6 is 0 Å². The number of amides is 2. The Balaban J connectivity index is 2.05. The number of likely N-dealkylation sites (tertiary alicyclic amines) is 1. The highest BCUT2D eigenvalue weighted by Gasteiger charge is 2.41. The van der Waals surface area contributed by atoms with Gasteiger partial charge >= 0.3 is 6.18 Å². The lowest BCUT2D eigenvalue weighted by molar-refractivity contribution is -0.138. The number of anilines is 1. The van der Waals surface area contributed by atoms with Gasteiger partial charge in [-0.25, -0.2) is 4.39 Å². The van der Waals surface area contributed by atoms with Crippen LogP contribution < -0.4 is 11.1 Å². The Hall–Kier alpha value is -3.72. The number of rotatable bonds is 7. The van der Waals surface area contributed by atoms with Crippen LogP contribution in [0, 0.1) is 25.6 Å². The van der Waals surface area contributed by atoms with Crippen LogP contribution in [0.2, 0.25) is 0 Å². The van der Waals surface area contributed by atoms with Crippen molar-refractivity contribution in [1.82, 2.24) is 4.90 Å². The number of hydrogen-bond donors (Lipinski definition) is 2. The normalized spacial score (nSPS) is 18.5. The van der Waals surface area contributed by atoms with E-state index in [1.165, 1.54) is 42.2 Å². The number of piperidine rings is 1. The number of aryl methyl sites for hydroxylation is 2. The fraction of sp³-hybridized carbons (Fsp3) is 0.310. The van der Waals surface area contributed by atoms with Crippen molar-refractivity contribution in [1.29, 1.82) is 0 Å². The van der Waals surface area contributed by atoms with E-state index in [9.17, 15) is 27.2 Å². The van der Waals surface area contributed by atoms with Gasteiger partial charge < -0.3 is 16.0 Å². The minimum absolute atomic E-state index is 0.00757. The van der Waals surface area contributed by atoms with Crippen LogP contribution in [0.15, 0.2) is 72.9 Å². The highest BCUT2D eigenvalue weighted by atomic mass is 19.4. The minimum atomic E-state index is -4.58. The maximum atomic E-state index is 14.8. The first-order valence-electron chi connectivity index (χ1n) is 12.2. The lowest BCUT2D eigenvalue weighted by Crippen LogP contribution is -2.52. The van der Waals surface area contributed by atoms with Crippen LogP contribution in [0.4, 0.5) is 23.2 Å². The van der Waals surface area contributed by atoms with Gasteiger partial charge in [0.1, 0.15) is 5.82 Å². The zero-order valence-corrected chi connectivity index (χ0v) is 21.3. The summed E-state index contributed by atoms with van der Waals surface area (Å²) in [6.45, 7) is 7.15. The Bertz CT molecular complexity index is 1250. The van der Waals surface area contributed by atoms with Crippen molar-refractivity contribution in [2.75, 3.05) is 18.4 Å². The number of nitrogens with two attached hydrogens (primary N) is 1. The van der Waals surface area contributed by atoms with E-state index in [1.54, 1.807) is 31.2 Å². The summed E-state index contributed by atoms with van der Waals surface area (Å²) in [5.41, 5.74) is 5.73. The first-order chi connectivity index (χ1) is 18.0. The second kappa shape index (κ2) is 12.2. The molecule has 0 spiro atoms. The third-order valence-electron chi connectivity index (χ3n) is 6.57. The molecule has 1 saturated heterocycles. The number of hydrogen-bond acceptors (Lipinski definition) is 3. The van der Waals surface area contributed by atoms with Crippen molar-refractivity contribution in [3.05, 3.63) is 101 Å². The van der Waals surface area contributed by atoms with Crippen molar-refractivity contribution in [2.45, 2.75) is 38.9 Å². The number of nitrogens with zero attached hydrogens (tertiary/aromatic N) is 1. The van der Waals surface area contributed by atoms with E-state index in [0.717, 1.165) is 6.07 Å². The van der Waals surface area contributed by atoms with Crippen LogP contribution in [0.25, 0.3) is 0 Å². The molecule has 1 heterocycles. The van der Waals surface area contributed by atoms with E-state index in [0.29, 0.717) is 24.0 Å². The van der Waals surface area contributed by atoms with E-state index >= 15 is 0 Å². The molecule has 0 aliphatic carbocycles. The molecule has 5 nitrogen and oxygen atoms in total. The van der Waals surface area contributed by atoms with Crippen molar-refractivity contribution in [2.24, 2.45) is 11.7 Å². The van der Waals surface area contributed by atoms with Crippen LogP contribution in [-0.2, 0) is 11.0 Å². The first kappa shape index (κ1) is 28.8. The molecule has 9 heteroatoms. The summed E-state index contributed by atoms with van der Waals surface area (Å²) in [4.78, 5) is 28.7. The summed E-state index contributed by atoms with van der Waals surface area (Å²) in [7, 11) is 0. The second-order valence-corrected chi connectivity index (χ2v) is 9.18. The predicted molar refractivity (Wildman–Crippen MR) is 140 cm³/mol. The highest BCUT2D eigenvalue weighted by molar-refractivity contribution is 5.98. The molecule has 0 bridgehead atoms. The van der Waals surface area contributed by atoms with Crippen molar-refractivity contribution < 1.29 is 27.2 Å². The van der Waals surface area contributed by atoms with Crippen LogP contribution in [-0.4, -0.2) is 35.8 Å². The molecule has 2 amide bonds. The summed E-state index contributed by atoms with van der Waals surface area (Å²) in [6.07, 6.45) is 2.71. The molecule has 2 atom stereocenters. The maximum absolute atomic E-state index is 14.8. The number of carbonyl (C=O) groups excluding carboxylic acids is 2. The molecular weight excluding hydrogens is 498 g/mol. The van der Waals surface area contributed by atoms with E-state index in [2.05, 4.69) is 11.9 Å². The molecule has 38 heavy (non-hydrogen) atoms. The predicted octanol–water partition coefficient (Wildman–Crippen LogP) is 5.95. The molecular formula is C29H31F4N3O2. The molecule has 3 N–H and O–H groups in total. The van der Waals surface area contributed by atoms with Crippen LogP contribution in [0.5, 0.6) is 0 Å². The van der Waals surface area contributed by atoms with E-state index in [1.807, 2.05) is 0 Å². The van der Waals surface area contributed by atoms with Crippen molar-refractivity contribution in [3.8, 4) is 0 Å². The molecule has 0 radical (unpaired) electrons. The SMILES string of the molecule is C=C/C=C(\C=C/CN)C1[C@@H](C(=O)Nc2ccc(C)c(C(F)(F)F)c2)CCCN1C(=O)c1c(C)cccc1F. The number of carbonyl (C=O) groups is 2. The Labute approximate surface area is 219 Å². The molecule has 2 aromatic rings. The molecule has 0 aromatic heterocycles. The topological polar surface area (TPSA) is 75.4 Å². The van der Waals surface area contributed by atoms with Gasteiger partial charge in [0.2, 0.25) is 5.91 Å². The van der Waals surface area contributed by atoms with Gasteiger partial charge in [-0.3, -0.25) is 9.59 Å². The smallest absolute Gasteiger partial charge is 0.331 e. The van der Waals surface area contributed by atoms with Gasteiger partial charge in [0.25, 0.3) is 5.91 Å². The number of allylic oxidation sites excluding steroid dienone is 2. The van der Waals surface area contributed by atoms with E-state index < -0.39 is 41.3 Å². The average Bonchev–Trinajstić information content (AvgIpc) is 2.86. The monoisotopic (exact) mass is 529 g/mol. The lowest BCUT2D eigenvalue weighted by Gasteiger charge is -2.41. The number of alkyl halides is 3. The molecule has 1 aliphatic heterocycles. The third-order valence-corrected chi connectivity index (χ3v) is 6.57. The van der Waals surface area contributed by atoms with Crippen molar-refractivity contribution >= 4 is 17.5 Å². The van der Waals surface area contributed by atoms with Gasteiger partial charge in [-0.2, -0.15) is 13.2 Å². The van der Waals surface area contributed by atoms with Crippen LogP contribution in [0.3, 0.4) is 0 Å². The zero-order chi connectivity index (χ0) is 28.0. The Morgan fingerprint density at radius 3 is 2.55 bits per heavy atom. The van der Waals surface area contributed by atoms with E-state index in [-0.39, 0.29) is 29.9 Å². The summed E-state index contributed by atoms with van der Waals surface area (Å²) in [5.74, 6) is -2.63. The third kappa shape index (κ3) is 6.39. The fourth-order valence-electron chi connectivity index (χ4n) is 4.79. The number of benzene rings is 2. The quantitative estimate of drug-likeness (QED) is 0.344. The second-order valence-electron chi connectivity index (χ2n) is 9.18. The number of nitrogens with one attached hydrogen (secondary N) is 1. The summed E-state index contributed by atoms with van der Waals surface area (Å²) in [5, 5.41) is 2.60. The lowest BCUT2D eigenvalue weighted by atomic mass is 9.82. The molecule has 3 rings (SSSR count). The first-order valence-corrected chi connectivity index (χ1v) is 12.2.